The van der Waals surface area contributed by atoms with Gasteiger partial charge in [-0.2, -0.15) is 4.31 Å². The van der Waals surface area contributed by atoms with Crippen LogP contribution in [0.1, 0.15) is 30.0 Å². The molecule has 0 spiro atoms. The van der Waals surface area contributed by atoms with Gasteiger partial charge in [0.25, 0.3) is 0 Å². The minimum Gasteiger partial charge on any atom is -0.325 e. The van der Waals surface area contributed by atoms with Crippen molar-refractivity contribution in [2.45, 2.75) is 38.5 Å². The lowest BCUT2D eigenvalue weighted by Gasteiger charge is -2.29. The van der Waals surface area contributed by atoms with E-state index >= 15 is 0 Å². The van der Waals surface area contributed by atoms with Gasteiger partial charge in [0, 0.05) is 31.9 Å². The van der Waals surface area contributed by atoms with Crippen molar-refractivity contribution in [2.75, 3.05) is 30.4 Å². The molecule has 0 radical (unpaired) electrons. The molecule has 7 nitrogen and oxygen atoms in total. The second kappa shape index (κ2) is 8.57. The van der Waals surface area contributed by atoms with Crippen molar-refractivity contribution in [3.05, 3.63) is 53.1 Å². The van der Waals surface area contributed by atoms with E-state index < -0.39 is 15.9 Å². The molecule has 1 aliphatic rings. The Morgan fingerprint density at radius 3 is 2.40 bits per heavy atom. The first-order valence-electron chi connectivity index (χ1n) is 9.83. The van der Waals surface area contributed by atoms with Gasteiger partial charge in [-0.05, 0) is 73.7 Å². The van der Waals surface area contributed by atoms with Crippen LogP contribution in [0, 0.1) is 13.8 Å². The monoisotopic (exact) mass is 429 g/mol. The van der Waals surface area contributed by atoms with Crippen molar-refractivity contribution in [1.82, 2.24) is 4.31 Å². The number of carbonyl (C=O) groups is 2. The molecule has 2 aromatic carbocycles. The van der Waals surface area contributed by atoms with Gasteiger partial charge in [-0.25, -0.2) is 8.42 Å². The quantitative estimate of drug-likeness (QED) is 0.792. The molecule has 3 rings (SSSR count). The fourth-order valence-electron chi connectivity index (χ4n) is 3.78. The Labute approximate surface area is 177 Å². The van der Waals surface area contributed by atoms with Gasteiger partial charge in [0.2, 0.25) is 21.8 Å². The first-order valence-corrected chi connectivity index (χ1v) is 11.3. The van der Waals surface area contributed by atoms with Gasteiger partial charge in [0.15, 0.2) is 0 Å². The first kappa shape index (κ1) is 22.0. The molecule has 0 unspecified atom stereocenters. The van der Waals surface area contributed by atoms with E-state index in [1.165, 1.54) is 20.0 Å². The molecule has 30 heavy (non-hydrogen) atoms. The van der Waals surface area contributed by atoms with Gasteiger partial charge < -0.3 is 10.2 Å². The molecular weight excluding hydrogens is 402 g/mol. The molecule has 1 N–H and O–H groups in total. The summed E-state index contributed by atoms with van der Waals surface area (Å²) in [4.78, 5) is 26.0. The lowest BCUT2D eigenvalue weighted by atomic mass is 10.0. The maximum atomic E-state index is 13.0. The third kappa shape index (κ3) is 4.71. The van der Waals surface area contributed by atoms with Crippen LogP contribution in [0.15, 0.2) is 41.3 Å². The Bertz CT molecular complexity index is 1080. The molecule has 0 saturated carbocycles. The smallest absolute Gasteiger partial charge is 0.243 e. The molecular formula is C22H27N3O4S. The SMILES string of the molecule is CC(=O)N1CCCc2cc(S(=O)(=O)N(C)CC(=O)Nc3cc(C)cc(C)c3)ccc21. The van der Waals surface area contributed by atoms with Crippen molar-refractivity contribution in [1.29, 1.82) is 0 Å². The number of nitrogens with one attached hydrogen (secondary N) is 1. The lowest BCUT2D eigenvalue weighted by molar-refractivity contribution is -0.117. The number of rotatable bonds is 5. The number of benzene rings is 2. The normalized spacial score (nSPS) is 13.8. The summed E-state index contributed by atoms with van der Waals surface area (Å²) in [5.41, 5.74) is 4.25. The fourth-order valence-corrected chi connectivity index (χ4v) is 4.95. The van der Waals surface area contributed by atoms with Crippen molar-refractivity contribution in [2.24, 2.45) is 0 Å². The second-order valence-corrected chi connectivity index (χ2v) is 9.80. The van der Waals surface area contributed by atoms with Crippen LogP contribution in [0.25, 0.3) is 0 Å². The highest BCUT2D eigenvalue weighted by atomic mass is 32.2. The second-order valence-electron chi connectivity index (χ2n) is 7.75. The van der Waals surface area contributed by atoms with Gasteiger partial charge in [-0.1, -0.05) is 6.07 Å². The molecule has 1 heterocycles. The first-order chi connectivity index (χ1) is 14.1. The molecule has 2 amide bonds. The molecule has 160 valence electrons. The van der Waals surface area contributed by atoms with Crippen molar-refractivity contribution < 1.29 is 18.0 Å². The third-order valence-corrected chi connectivity index (χ3v) is 6.93. The number of fused-ring (bicyclic) bond motifs is 1. The lowest BCUT2D eigenvalue weighted by Crippen LogP contribution is -2.36. The minimum absolute atomic E-state index is 0.0632. The van der Waals surface area contributed by atoms with Crippen LogP contribution in [-0.4, -0.2) is 44.7 Å². The molecule has 1 aliphatic heterocycles. The van der Waals surface area contributed by atoms with Crippen molar-refractivity contribution >= 4 is 33.2 Å². The van der Waals surface area contributed by atoms with Gasteiger partial charge in [-0.3, -0.25) is 9.59 Å². The Kier molecular flexibility index (Phi) is 6.28. The number of nitrogens with zero attached hydrogens (tertiary/aromatic N) is 2. The van der Waals surface area contributed by atoms with E-state index in [0.717, 1.165) is 33.1 Å². The molecule has 0 aliphatic carbocycles. The summed E-state index contributed by atoms with van der Waals surface area (Å²) in [5.74, 6) is -0.474. The molecule has 8 heteroatoms. The summed E-state index contributed by atoms with van der Waals surface area (Å²) >= 11 is 0. The van der Waals surface area contributed by atoms with Gasteiger partial charge in [0.05, 0.1) is 11.4 Å². The molecule has 0 saturated heterocycles. The number of aryl methyl sites for hydroxylation is 3. The predicted molar refractivity (Wildman–Crippen MR) is 117 cm³/mol. The maximum Gasteiger partial charge on any atom is 0.243 e. The van der Waals surface area contributed by atoms with Crippen LogP contribution in [-0.2, 0) is 26.0 Å². The average molecular weight is 430 g/mol. The molecule has 0 aromatic heterocycles. The molecule has 0 fully saturated rings. The van der Waals surface area contributed by atoms with Crippen molar-refractivity contribution in [3.63, 3.8) is 0 Å². The summed E-state index contributed by atoms with van der Waals surface area (Å²) in [6.45, 7) is 5.70. The summed E-state index contributed by atoms with van der Waals surface area (Å²) in [7, 11) is -2.46. The summed E-state index contributed by atoms with van der Waals surface area (Å²) in [6.07, 6.45) is 1.49. The number of hydrogen-bond acceptors (Lipinski definition) is 4. The number of carbonyl (C=O) groups excluding carboxylic acids is 2. The van der Waals surface area contributed by atoms with Crippen LogP contribution in [0.4, 0.5) is 11.4 Å². The van der Waals surface area contributed by atoms with E-state index in [-0.39, 0.29) is 17.3 Å². The topological polar surface area (TPSA) is 86.8 Å². The summed E-state index contributed by atoms with van der Waals surface area (Å²) < 4.78 is 27.0. The number of sulfonamides is 1. The van der Waals surface area contributed by atoms with Crippen LogP contribution in [0.5, 0.6) is 0 Å². The standard InChI is InChI=1S/C22H27N3O4S/c1-15-10-16(2)12-19(11-15)23-22(27)14-24(4)30(28,29)20-7-8-21-18(13-20)6-5-9-25(21)17(3)26/h7-8,10-13H,5-6,9,14H2,1-4H3,(H,23,27). The Morgan fingerprint density at radius 1 is 1.10 bits per heavy atom. The predicted octanol–water partition coefficient (Wildman–Crippen LogP) is 2.86. The van der Waals surface area contributed by atoms with Gasteiger partial charge in [-0.15, -0.1) is 0 Å². The Balaban J connectivity index is 1.76. The van der Waals surface area contributed by atoms with Crippen LogP contribution in [0.3, 0.4) is 0 Å². The number of likely N-dealkylation sites (N-methyl/N-ethyl adjacent to an activating group) is 1. The zero-order valence-electron chi connectivity index (χ0n) is 17.7. The highest BCUT2D eigenvalue weighted by Gasteiger charge is 2.26. The largest absolute Gasteiger partial charge is 0.325 e. The van der Waals surface area contributed by atoms with E-state index in [1.54, 1.807) is 17.0 Å². The Morgan fingerprint density at radius 2 is 1.77 bits per heavy atom. The van der Waals surface area contributed by atoms with Crippen LogP contribution >= 0.6 is 0 Å². The molecule has 0 atom stereocenters. The summed E-state index contributed by atoms with van der Waals surface area (Å²) in [6, 6.07) is 10.4. The average Bonchev–Trinajstić information content (AvgIpc) is 2.65. The molecule has 2 aromatic rings. The number of hydrogen-bond donors (Lipinski definition) is 1. The van der Waals surface area contributed by atoms with E-state index in [9.17, 15) is 18.0 Å². The van der Waals surface area contributed by atoms with Gasteiger partial charge in [0.1, 0.15) is 0 Å². The minimum atomic E-state index is -3.84. The van der Waals surface area contributed by atoms with E-state index in [2.05, 4.69) is 5.32 Å². The zero-order chi connectivity index (χ0) is 22.1. The van der Waals surface area contributed by atoms with E-state index in [1.807, 2.05) is 32.0 Å². The fraction of sp³-hybridized carbons (Fsp3) is 0.364. The number of amides is 2. The van der Waals surface area contributed by atoms with Crippen LogP contribution < -0.4 is 10.2 Å². The number of anilines is 2. The Hall–Kier alpha value is -2.71. The van der Waals surface area contributed by atoms with Gasteiger partial charge >= 0.3 is 0 Å². The highest BCUT2D eigenvalue weighted by Crippen LogP contribution is 2.30. The highest BCUT2D eigenvalue weighted by molar-refractivity contribution is 7.89. The summed E-state index contributed by atoms with van der Waals surface area (Å²) in [5, 5.41) is 2.76. The van der Waals surface area contributed by atoms with Crippen LogP contribution in [0.2, 0.25) is 0 Å². The van der Waals surface area contributed by atoms with Crippen molar-refractivity contribution in [3.8, 4) is 0 Å². The molecule has 0 bridgehead atoms. The zero-order valence-corrected chi connectivity index (χ0v) is 18.5. The van der Waals surface area contributed by atoms with E-state index in [4.69, 9.17) is 0 Å². The van der Waals surface area contributed by atoms with E-state index in [0.29, 0.717) is 18.7 Å². The third-order valence-electron chi connectivity index (χ3n) is 5.13. The maximum absolute atomic E-state index is 13.0.